The Morgan fingerprint density at radius 3 is 2.50 bits per heavy atom. The lowest BCUT2D eigenvalue weighted by atomic mass is 9.82. The predicted octanol–water partition coefficient (Wildman–Crippen LogP) is 10.0. The third-order valence-electron chi connectivity index (χ3n) is 7.02. The van der Waals surface area contributed by atoms with Crippen LogP contribution in [-0.4, -0.2) is 4.98 Å². The van der Waals surface area contributed by atoms with Gasteiger partial charge in [-0.25, -0.2) is 4.98 Å². The molecule has 3 heterocycles. The second kappa shape index (κ2) is 8.60. The van der Waals surface area contributed by atoms with Crippen LogP contribution in [0.4, 0.5) is 0 Å². The monoisotopic (exact) mass is 489 g/mol. The van der Waals surface area contributed by atoms with E-state index in [4.69, 9.17) is 9.40 Å². The fourth-order valence-corrected chi connectivity index (χ4v) is 6.30. The minimum atomic E-state index is 0.0162. The molecule has 0 fully saturated rings. The number of rotatable bonds is 4. The van der Waals surface area contributed by atoms with Gasteiger partial charge in [0.05, 0.1) is 12.0 Å². The van der Waals surface area contributed by atoms with Gasteiger partial charge < -0.3 is 4.42 Å². The normalized spacial score (nSPS) is 12.4. The van der Waals surface area contributed by atoms with Crippen molar-refractivity contribution in [2.45, 2.75) is 46.5 Å². The molecule has 3 heteroatoms. The highest BCUT2D eigenvalue weighted by molar-refractivity contribution is 7.17. The number of benzene rings is 3. The van der Waals surface area contributed by atoms with E-state index < -0.39 is 0 Å². The Kier molecular flexibility index (Phi) is 5.49. The summed E-state index contributed by atoms with van der Waals surface area (Å²) >= 11 is 1.84. The van der Waals surface area contributed by atoms with E-state index in [9.17, 15) is 0 Å². The van der Waals surface area contributed by atoms with Gasteiger partial charge in [-0.15, -0.1) is 11.3 Å². The van der Waals surface area contributed by atoms with Crippen molar-refractivity contribution >= 4 is 43.3 Å². The maximum Gasteiger partial charge on any atom is 0.227 e. The Labute approximate surface area is 216 Å². The summed E-state index contributed by atoms with van der Waals surface area (Å²) in [6, 6.07) is 24.4. The molecular weight excluding hydrogens is 458 g/mol. The van der Waals surface area contributed by atoms with Gasteiger partial charge in [-0.1, -0.05) is 71.0 Å². The third-order valence-corrected chi connectivity index (χ3v) is 8.01. The van der Waals surface area contributed by atoms with Gasteiger partial charge in [0.15, 0.2) is 0 Å². The van der Waals surface area contributed by atoms with Crippen molar-refractivity contribution in [3.63, 3.8) is 0 Å². The number of fused-ring (bicyclic) bond motifs is 3. The Balaban J connectivity index is 1.60. The smallest absolute Gasteiger partial charge is 0.227 e. The number of hydrogen-bond donors (Lipinski definition) is 0. The first-order chi connectivity index (χ1) is 17.3. The van der Waals surface area contributed by atoms with Crippen LogP contribution < -0.4 is 0 Å². The molecule has 0 radical (unpaired) electrons. The molecule has 0 aliphatic carbocycles. The number of pyridine rings is 1. The van der Waals surface area contributed by atoms with Crippen LogP contribution in [0.1, 0.15) is 45.7 Å². The minimum absolute atomic E-state index is 0.0162. The average molecular weight is 490 g/mol. The van der Waals surface area contributed by atoms with E-state index in [0.717, 1.165) is 23.1 Å². The van der Waals surface area contributed by atoms with Crippen molar-refractivity contribution in [3.05, 3.63) is 89.5 Å². The summed E-state index contributed by atoms with van der Waals surface area (Å²) in [6.07, 6.45) is 2.84. The van der Waals surface area contributed by atoms with Gasteiger partial charge >= 0.3 is 0 Å². The molecule has 0 bridgehead atoms. The zero-order valence-electron chi connectivity index (χ0n) is 21.6. The fraction of sp³-hybridized carbons (Fsp3) is 0.242. The Bertz CT molecular complexity index is 1730. The molecule has 3 aromatic carbocycles. The first-order valence-corrected chi connectivity index (χ1v) is 13.6. The molecule has 0 aliphatic rings. The average Bonchev–Trinajstić information content (AvgIpc) is 3.52. The summed E-state index contributed by atoms with van der Waals surface area (Å²) in [4.78, 5) is 4.98. The Morgan fingerprint density at radius 1 is 0.861 bits per heavy atom. The van der Waals surface area contributed by atoms with Crippen LogP contribution in [0.5, 0.6) is 0 Å². The molecular formula is C33H31NOS. The van der Waals surface area contributed by atoms with Crippen LogP contribution in [-0.2, 0) is 11.8 Å². The lowest BCUT2D eigenvalue weighted by Crippen LogP contribution is -2.12. The van der Waals surface area contributed by atoms with Crippen LogP contribution in [0.15, 0.2) is 82.8 Å². The molecule has 0 aliphatic heterocycles. The van der Waals surface area contributed by atoms with Gasteiger partial charge in [0.2, 0.25) is 5.71 Å². The number of nitrogens with zero attached hydrogens (tertiary/aromatic N) is 1. The van der Waals surface area contributed by atoms with Crippen LogP contribution >= 0.6 is 11.3 Å². The van der Waals surface area contributed by atoms with E-state index in [2.05, 4.69) is 101 Å². The van der Waals surface area contributed by atoms with E-state index in [1.54, 1.807) is 6.26 Å². The summed E-state index contributed by atoms with van der Waals surface area (Å²) in [5.74, 6) is 0.624. The second-order valence-corrected chi connectivity index (χ2v) is 12.1. The molecule has 6 rings (SSSR count). The van der Waals surface area contributed by atoms with Gasteiger partial charge in [0.1, 0.15) is 0 Å². The summed E-state index contributed by atoms with van der Waals surface area (Å²) in [6.45, 7) is 11.4. The highest BCUT2D eigenvalue weighted by atomic mass is 32.1. The molecule has 0 N–H and O–H groups in total. The predicted molar refractivity (Wildman–Crippen MR) is 155 cm³/mol. The zero-order valence-corrected chi connectivity index (χ0v) is 22.4. The molecule has 0 unspecified atom stereocenters. The van der Waals surface area contributed by atoms with Crippen LogP contribution in [0.3, 0.4) is 0 Å². The lowest BCUT2D eigenvalue weighted by Gasteiger charge is -2.23. The number of aromatic nitrogens is 1. The van der Waals surface area contributed by atoms with E-state index in [1.807, 2.05) is 17.4 Å². The molecule has 0 amide bonds. The standard InChI is InChI=1S/C33H31NOS/c1-20(2)16-22-10-11-25(26-13-15-36-31(22)26)28-19-30(34-32-27(28)12-14-35-32)23-17-21-8-6-7-9-24(21)29(18-23)33(3,4)5/h6-15,17-20H,16H2,1-5H3. The largest absolute Gasteiger partial charge is 0.446 e. The maximum absolute atomic E-state index is 5.89. The van der Waals surface area contributed by atoms with E-state index in [1.165, 1.54) is 43.1 Å². The van der Waals surface area contributed by atoms with Crippen molar-refractivity contribution in [1.82, 2.24) is 4.98 Å². The Morgan fingerprint density at radius 2 is 1.69 bits per heavy atom. The van der Waals surface area contributed by atoms with Crippen LogP contribution in [0.2, 0.25) is 0 Å². The minimum Gasteiger partial charge on any atom is -0.446 e. The van der Waals surface area contributed by atoms with Gasteiger partial charge in [0, 0.05) is 21.0 Å². The topological polar surface area (TPSA) is 26.0 Å². The molecule has 6 aromatic rings. The molecule has 2 nitrogen and oxygen atoms in total. The highest BCUT2D eigenvalue weighted by Crippen LogP contribution is 2.41. The first kappa shape index (κ1) is 23.0. The summed E-state index contributed by atoms with van der Waals surface area (Å²) in [7, 11) is 0. The lowest BCUT2D eigenvalue weighted by molar-refractivity contribution is 0.596. The Hall–Kier alpha value is -3.43. The number of hydrogen-bond acceptors (Lipinski definition) is 3. The summed E-state index contributed by atoms with van der Waals surface area (Å²) < 4.78 is 7.27. The molecule has 3 aromatic heterocycles. The van der Waals surface area contributed by atoms with Crippen molar-refractivity contribution in [2.24, 2.45) is 5.92 Å². The van der Waals surface area contributed by atoms with E-state index >= 15 is 0 Å². The molecule has 36 heavy (non-hydrogen) atoms. The van der Waals surface area contributed by atoms with Gasteiger partial charge in [-0.05, 0) is 86.5 Å². The van der Waals surface area contributed by atoms with Gasteiger partial charge in [-0.3, -0.25) is 0 Å². The van der Waals surface area contributed by atoms with Gasteiger partial charge in [-0.2, -0.15) is 0 Å². The summed E-state index contributed by atoms with van der Waals surface area (Å²) in [5, 5.41) is 7.12. The third kappa shape index (κ3) is 3.92. The highest BCUT2D eigenvalue weighted by Gasteiger charge is 2.20. The zero-order chi connectivity index (χ0) is 25.0. The quantitative estimate of drug-likeness (QED) is 0.246. The molecule has 0 saturated carbocycles. The first-order valence-electron chi connectivity index (χ1n) is 12.7. The van der Waals surface area contributed by atoms with Crippen molar-refractivity contribution < 1.29 is 4.42 Å². The SMILES string of the molecule is CC(C)Cc1ccc(-c2cc(-c3cc(C(C)(C)C)c4ccccc4c3)nc3occc23)c2ccsc12. The summed E-state index contributed by atoms with van der Waals surface area (Å²) in [5.41, 5.74) is 7.94. The molecule has 180 valence electrons. The number of furan rings is 1. The van der Waals surface area contributed by atoms with Gasteiger partial charge in [0.25, 0.3) is 0 Å². The second-order valence-electron chi connectivity index (χ2n) is 11.2. The molecule has 0 spiro atoms. The molecule has 0 saturated heterocycles. The van der Waals surface area contributed by atoms with Crippen molar-refractivity contribution in [2.75, 3.05) is 0 Å². The van der Waals surface area contributed by atoms with Crippen LogP contribution in [0.25, 0.3) is 54.3 Å². The van der Waals surface area contributed by atoms with E-state index in [-0.39, 0.29) is 5.41 Å². The van der Waals surface area contributed by atoms with E-state index in [0.29, 0.717) is 11.6 Å². The maximum atomic E-state index is 5.89. The van der Waals surface area contributed by atoms with Crippen LogP contribution in [0, 0.1) is 5.92 Å². The number of thiophene rings is 1. The fourth-order valence-electron chi connectivity index (χ4n) is 5.35. The van der Waals surface area contributed by atoms with Crippen molar-refractivity contribution in [1.29, 1.82) is 0 Å². The molecule has 0 atom stereocenters. The van der Waals surface area contributed by atoms with Crippen molar-refractivity contribution in [3.8, 4) is 22.4 Å².